The number of hydrogen-bond acceptors (Lipinski definition) is 3. The summed E-state index contributed by atoms with van der Waals surface area (Å²) in [7, 11) is 3.93. The zero-order valence-electron chi connectivity index (χ0n) is 15.3. The van der Waals surface area contributed by atoms with Crippen molar-refractivity contribution in [3.63, 3.8) is 0 Å². The van der Waals surface area contributed by atoms with Crippen LogP contribution < -0.4 is 5.32 Å². The lowest BCUT2D eigenvalue weighted by Gasteiger charge is -2.22. The molecule has 0 spiro atoms. The Kier molecular flexibility index (Phi) is 6.45. The molecule has 1 aromatic heterocycles. The molecule has 1 aromatic carbocycles. The fraction of sp³-hybridized carbons (Fsp3) is 0.500. The molecule has 0 amide bonds. The zero-order valence-corrected chi connectivity index (χ0v) is 16.1. The van der Waals surface area contributed by atoms with E-state index in [-0.39, 0.29) is 0 Å². The number of guanidine groups is 1. The van der Waals surface area contributed by atoms with Gasteiger partial charge >= 0.3 is 0 Å². The molecule has 0 fully saturated rings. The average molecular weight is 357 g/mol. The van der Waals surface area contributed by atoms with Crippen molar-refractivity contribution in [3.8, 4) is 0 Å². The SMILES string of the molecule is CN=C(NCCCc1nc2c(s1)CCCC2)N(C)Cc1ccccc1. The minimum atomic E-state index is 0.861. The van der Waals surface area contributed by atoms with Gasteiger partial charge in [-0.15, -0.1) is 11.3 Å². The summed E-state index contributed by atoms with van der Waals surface area (Å²) in [5.74, 6) is 0.947. The van der Waals surface area contributed by atoms with Gasteiger partial charge in [0.15, 0.2) is 5.96 Å². The van der Waals surface area contributed by atoms with Crippen molar-refractivity contribution >= 4 is 17.3 Å². The summed E-state index contributed by atoms with van der Waals surface area (Å²) in [5.41, 5.74) is 2.67. The van der Waals surface area contributed by atoms with Crippen molar-refractivity contribution in [2.24, 2.45) is 4.99 Å². The lowest BCUT2D eigenvalue weighted by Crippen LogP contribution is -2.38. The predicted molar refractivity (Wildman–Crippen MR) is 106 cm³/mol. The van der Waals surface area contributed by atoms with E-state index < -0.39 is 0 Å². The molecule has 5 heteroatoms. The lowest BCUT2D eigenvalue weighted by molar-refractivity contribution is 0.476. The highest BCUT2D eigenvalue weighted by molar-refractivity contribution is 7.11. The topological polar surface area (TPSA) is 40.5 Å². The van der Waals surface area contributed by atoms with E-state index >= 15 is 0 Å². The number of aliphatic imine (C=N–C) groups is 1. The first-order valence-corrected chi connectivity index (χ1v) is 10.0. The summed E-state index contributed by atoms with van der Waals surface area (Å²) in [4.78, 5) is 12.9. The van der Waals surface area contributed by atoms with Gasteiger partial charge in [-0.3, -0.25) is 4.99 Å². The summed E-state index contributed by atoms with van der Waals surface area (Å²) >= 11 is 1.93. The first-order chi connectivity index (χ1) is 12.3. The Morgan fingerprint density at radius 3 is 2.80 bits per heavy atom. The Hall–Kier alpha value is -1.88. The molecule has 25 heavy (non-hydrogen) atoms. The number of rotatable bonds is 6. The van der Waals surface area contributed by atoms with Crippen LogP contribution in [0.1, 0.15) is 40.4 Å². The molecule has 1 aliphatic carbocycles. The number of thiazole rings is 1. The maximum atomic E-state index is 4.83. The molecule has 134 valence electrons. The van der Waals surface area contributed by atoms with Gasteiger partial charge in [0.2, 0.25) is 0 Å². The number of aryl methyl sites for hydroxylation is 3. The quantitative estimate of drug-likeness (QED) is 0.488. The van der Waals surface area contributed by atoms with Crippen molar-refractivity contribution in [1.29, 1.82) is 0 Å². The Morgan fingerprint density at radius 2 is 2.04 bits per heavy atom. The number of aromatic nitrogens is 1. The van der Waals surface area contributed by atoms with Gasteiger partial charge in [0, 0.05) is 38.5 Å². The van der Waals surface area contributed by atoms with Crippen molar-refractivity contribution in [3.05, 3.63) is 51.5 Å². The van der Waals surface area contributed by atoms with E-state index in [0.29, 0.717) is 0 Å². The van der Waals surface area contributed by atoms with Crippen LogP contribution in [0.25, 0.3) is 0 Å². The number of nitrogens with one attached hydrogen (secondary N) is 1. The maximum Gasteiger partial charge on any atom is 0.193 e. The Bertz CT molecular complexity index is 669. The van der Waals surface area contributed by atoms with E-state index in [0.717, 1.165) is 31.9 Å². The molecule has 1 N–H and O–H groups in total. The normalized spacial score (nSPS) is 14.2. The Morgan fingerprint density at radius 1 is 1.24 bits per heavy atom. The summed E-state index contributed by atoms with van der Waals surface area (Å²) < 4.78 is 0. The second-order valence-electron chi connectivity index (χ2n) is 6.60. The Balaban J connectivity index is 1.43. The third kappa shape index (κ3) is 5.05. The van der Waals surface area contributed by atoms with E-state index in [1.165, 1.54) is 46.8 Å². The number of fused-ring (bicyclic) bond motifs is 1. The average Bonchev–Trinajstić information content (AvgIpc) is 3.05. The van der Waals surface area contributed by atoms with Crippen LogP contribution in [0.5, 0.6) is 0 Å². The van der Waals surface area contributed by atoms with Crippen LogP contribution in [0.4, 0.5) is 0 Å². The largest absolute Gasteiger partial charge is 0.356 e. The van der Waals surface area contributed by atoms with Gasteiger partial charge in [-0.2, -0.15) is 0 Å². The fourth-order valence-electron chi connectivity index (χ4n) is 3.27. The van der Waals surface area contributed by atoms with Gasteiger partial charge in [-0.05, 0) is 37.7 Å². The van der Waals surface area contributed by atoms with Gasteiger partial charge in [0.05, 0.1) is 10.7 Å². The van der Waals surface area contributed by atoms with E-state index in [1.807, 2.05) is 24.5 Å². The molecule has 2 aromatic rings. The molecule has 0 bridgehead atoms. The van der Waals surface area contributed by atoms with E-state index in [9.17, 15) is 0 Å². The standard InChI is InChI=1S/C20H28N4S/c1-21-20(24(2)15-16-9-4-3-5-10-16)22-14-8-13-19-23-17-11-6-7-12-18(17)25-19/h3-5,9-10H,6-8,11-15H2,1-2H3,(H,21,22). The van der Waals surface area contributed by atoms with Crippen LogP contribution >= 0.6 is 11.3 Å². The summed E-state index contributed by atoms with van der Waals surface area (Å²) in [5, 5.41) is 4.78. The Labute approximate surface area is 155 Å². The number of benzene rings is 1. The molecular weight excluding hydrogens is 328 g/mol. The van der Waals surface area contributed by atoms with Gasteiger partial charge in [-0.1, -0.05) is 30.3 Å². The minimum Gasteiger partial charge on any atom is -0.356 e. The van der Waals surface area contributed by atoms with Gasteiger partial charge in [0.25, 0.3) is 0 Å². The molecule has 0 aliphatic heterocycles. The van der Waals surface area contributed by atoms with Crippen LogP contribution in [0.3, 0.4) is 0 Å². The van der Waals surface area contributed by atoms with Crippen molar-refractivity contribution < 1.29 is 0 Å². The first-order valence-electron chi connectivity index (χ1n) is 9.19. The molecule has 4 nitrogen and oxygen atoms in total. The molecule has 0 unspecified atom stereocenters. The second kappa shape index (κ2) is 8.99. The molecular formula is C20H28N4S. The van der Waals surface area contributed by atoms with E-state index in [4.69, 9.17) is 4.98 Å². The third-order valence-corrected chi connectivity index (χ3v) is 5.79. The van der Waals surface area contributed by atoms with Gasteiger partial charge < -0.3 is 10.2 Å². The number of hydrogen-bond donors (Lipinski definition) is 1. The lowest BCUT2D eigenvalue weighted by atomic mass is 10.0. The van der Waals surface area contributed by atoms with E-state index in [1.54, 1.807) is 0 Å². The van der Waals surface area contributed by atoms with Crippen LogP contribution in [0.15, 0.2) is 35.3 Å². The molecule has 0 atom stereocenters. The highest BCUT2D eigenvalue weighted by Crippen LogP contribution is 2.27. The zero-order chi connectivity index (χ0) is 17.5. The van der Waals surface area contributed by atoms with Crippen LogP contribution in [0.2, 0.25) is 0 Å². The molecule has 0 radical (unpaired) electrons. The highest BCUT2D eigenvalue weighted by atomic mass is 32.1. The monoisotopic (exact) mass is 356 g/mol. The summed E-state index contributed by atoms with van der Waals surface area (Å²) in [6.07, 6.45) is 7.21. The van der Waals surface area contributed by atoms with Gasteiger partial charge in [0.1, 0.15) is 0 Å². The predicted octanol–water partition coefficient (Wildman–Crippen LogP) is 3.66. The van der Waals surface area contributed by atoms with Crippen molar-refractivity contribution in [1.82, 2.24) is 15.2 Å². The van der Waals surface area contributed by atoms with E-state index in [2.05, 4.69) is 46.5 Å². The molecule has 1 heterocycles. The number of nitrogens with zero attached hydrogens (tertiary/aromatic N) is 3. The summed E-state index contributed by atoms with van der Waals surface area (Å²) in [6, 6.07) is 10.5. The van der Waals surface area contributed by atoms with Crippen LogP contribution in [-0.2, 0) is 25.8 Å². The fourth-order valence-corrected chi connectivity index (χ4v) is 4.47. The molecule has 0 saturated heterocycles. The van der Waals surface area contributed by atoms with Crippen molar-refractivity contribution in [2.45, 2.75) is 45.1 Å². The molecule has 1 aliphatic rings. The first kappa shape index (κ1) is 17.9. The maximum absolute atomic E-state index is 4.83. The molecule has 3 rings (SSSR count). The van der Waals surface area contributed by atoms with Crippen LogP contribution in [-0.4, -0.2) is 36.5 Å². The molecule has 0 saturated carbocycles. The minimum absolute atomic E-state index is 0.861. The van der Waals surface area contributed by atoms with Gasteiger partial charge in [-0.25, -0.2) is 4.98 Å². The third-order valence-electron chi connectivity index (χ3n) is 4.58. The van der Waals surface area contributed by atoms with Crippen molar-refractivity contribution in [2.75, 3.05) is 20.6 Å². The smallest absolute Gasteiger partial charge is 0.193 e. The second-order valence-corrected chi connectivity index (χ2v) is 7.77. The summed E-state index contributed by atoms with van der Waals surface area (Å²) in [6.45, 7) is 1.79. The highest BCUT2D eigenvalue weighted by Gasteiger charge is 2.14. The van der Waals surface area contributed by atoms with Crippen LogP contribution in [0, 0.1) is 0 Å².